The molecular weight excluding hydrogens is 473 g/mol. The highest BCUT2D eigenvalue weighted by atomic mass is 127. The number of carbonyl (C=O) groups is 1. The number of amides is 1. The highest BCUT2D eigenvalue weighted by Crippen LogP contribution is 2.28. The Morgan fingerprint density at radius 2 is 2.11 bits per heavy atom. The van der Waals surface area contributed by atoms with E-state index in [9.17, 15) is 4.79 Å². The van der Waals surface area contributed by atoms with E-state index in [-0.39, 0.29) is 35.8 Å². The van der Waals surface area contributed by atoms with Crippen LogP contribution < -0.4 is 16.0 Å². The average molecular weight is 505 g/mol. The van der Waals surface area contributed by atoms with Crippen molar-refractivity contribution in [1.29, 1.82) is 0 Å². The molecule has 0 saturated heterocycles. The molecule has 2 aliphatic rings. The molecule has 152 valence electrons. The molecule has 1 saturated carbocycles. The molecule has 6 nitrogen and oxygen atoms in total. The molecule has 0 radical (unpaired) electrons. The quantitative estimate of drug-likeness (QED) is 0.219. The van der Waals surface area contributed by atoms with Gasteiger partial charge in [0.05, 0.1) is 6.54 Å². The number of halogens is 1. The van der Waals surface area contributed by atoms with Crippen molar-refractivity contribution in [1.82, 2.24) is 20.9 Å². The van der Waals surface area contributed by atoms with Gasteiger partial charge in [-0.15, -0.1) is 35.3 Å². The van der Waals surface area contributed by atoms with Crippen LogP contribution in [-0.4, -0.2) is 55.5 Å². The Balaban J connectivity index is 0.00000261. The van der Waals surface area contributed by atoms with Gasteiger partial charge in [-0.05, 0) is 50.1 Å². The van der Waals surface area contributed by atoms with Crippen LogP contribution in [0.1, 0.15) is 37.1 Å². The van der Waals surface area contributed by atoms with Crippen molar-refractivity contribution >= 4 is 47.2 Å². The normalized spacial score (nSPS) is 18.2. The Morgan fingerprint density at radius 1 is 1.33 bits per heavy atom. The lowest BCUT2D eigenvalue weighted by molar-refractivity contribution is -0.122. The highest BCUT2D eigenvalue weighted by molar-refractivity contribution is 14.0. The zero-order valence-corrected chi connectivity index (χ0v) is 19.4. The fourth-order valence-corrected chi connectivity index (χ4v) is 4.07. The minimum atomic E-state index is 0. The first-order valence-corrected chi connectivity index (χ1v) is 10.6. The van der Waals surface area contributed by atoms with E-state index in [4.69, 9.17) is 4.99 Å². The summed E-state index contributed by atoms with van der Waals surface area (Å²) in [6.45, 7) is 9.40. The summed E-state index contributed by atoms with van der Waals surface area (Å²) in [7, 11) is 0. The van der Waals surface area contributed by atoms with Gasteiger partial charge in [-0.2, -0.15) is 0 Å². The predicted octanol–water partition coefficient (Wildman–Crippen LogP) is 2.19. The number of carbonyl (C=O) groups excluding carboxylic acids is 1. The van der Waals surface area contributed by atoms with Crippen molar-refractivity contribution < 1.29 is 4.79 Å². The lowest BCUT2D eigenvalue weighted by Crippen LogP contribution is -2.43. The monoisotopic (exact) mass is 505 g/mol. The summed E-state index contributed by atoms with van der Waals surface area (Å²) in [5.41, 5.74) is 1.48. The van der Waals surface area contributed by atoms with E-state index in [1.807, 2.05) is 11.3 Å². The van der Waals surface area contributed by atoms with Gasteiger partial charge in [0, 0.05) is 49.6 Å². The van der Waals surface area contributed by atoms with Gasteiger partial charge in [-0.1, -0.05) is 0 Å². The van der Waals surface area contributed by atoms with Gasteiger partial charge in [0.15, 0.2) is 5.96 Å². The lowest BCUT2D eigenvalue weighted by atomic mass is 10.1. The molecule has 1 aromatic heterocycles. The van der Waals surface area contributed by atoms with Gasteiger partial charge in [0.25, 0.3) is 0 Å². The molecular formula is C19H32IN5OS. The Morgan fingerprint density at radius 3 is 2.85 bits per heavy atom. The Kier molecular flexibility index (Phi) is 9.31. The molecule has 0 spiro atoms. The van der Waals surface area contributed by atoms with E-state index in [2.05, 4.69) is 46.1 Å². The first-order chi connectivity index (χ1) is 12.7. The largest absolute Gasteiger partial charge is 0.357 e. The van der Waals surface area contributed by atoms with E-state index in [0.29, 0.717) is 19.1 Å². The summed E-state index contributed by atoms with van der Waals surface area (Å²) >= 11 is 1.88. The molecule has 0 aromatic carbocycles. The van der Waals surface area contributed by atoms with Crippen molar-refractivity contribution in [2.45, 2.75) is 45.7 Å². The van der Waals surface area contributed by atoms with Crippen LogP contribution in [0.2, 0.25) is 0 Å². The van der Waals surface area contributed by atoms with Crippen molar-refractivity contribution in [2.24, 2.45) is 10.9 Å². The van der Waals surface area contributed by atoms with E-state index >= 15 is 0 Å². The number of fused-ring (bicyclic) bond motifs is 1. The van der Waals surface area contributed by atoms with Crippen molar-refractivity contribution in [3.8, 4) is 0 Å². The Labute approximate surface area is 183 Å². The molecule has 1 fully saturated rings. The van der Waals surface area contributed by atoms with Crippen LogP contribution in [0.5, 0.6) is 0 Å². The summed E-state index contributed by atoms with van der Waals surface area (Å²) in [6.07, 6.45) is 3.25. The van der Waals surface area contributed by atoms with Gasteiger partial charge < -0.3 is 16.0 Å². The Bertz CT molecular complexity index is 631. The zero-order valence-electron chi connectivity index (χ0n) is 16.3. The third kappa shape index (κ3) is 6.90. The minimum Gasteiger partial charge on any atom is -0.357 e. The van der Waals surface area contributed by atoms with Crippen molar-refractivity contribution in [2.75, 3.05) is 32.7 Å². The lowest BCUT2D eigenvalue weighted by Gasteiger charge is -2.31. The number of nitrogens with zero attached hydrogens (tertiary/aromatic N) is 2. The molecule has 2 heterocycles. The van der Waals surface area contributed by atoms with Gasteiger partial charge in [-0.3, -0.25) is 14.7 Å². The first kappa shape index (κ1) is 22.4. The SMILES string of the molecule is CCNC(=NCC(C)N1CCc2sccc2C1)NCCNC(=O)C1CC1.I. The molecule has 1 unspecified atom stereocenters. The minimum absolute atomic E-state index is 0. The number of rotatable bonds is 8. The summed E-state index contributed by atoms with van der Waals surface area (Å²) in [5.74, 6) is 1.29. The number of hydrogen-bond donors (Lipinski definition) is 3. The molecule has 0 bridgehead atoms. The van der Waals surface area contributed by atoms with Crippen molar-refractivity contribution in [3.63, 3.8) is 0 Å². The third-order valence-corrected chi connectivity index (χ3v) is 6.01. The summed E-state index contributed by atoms with van der Waals surface area (Å²) in [4.78, 5) is 20.4. The van der Waals surface area contributed by atoms with Gasteiger partial charge >= 0.3 is 0 Å². The number of thiophene rings is 1. The van der Waals surface area contributed by atoms with Gasteiger partial charge in [0.2, 0.25) is 5.91 Å². The summed E-state index contributed by atoms with van der Waals surface area (Å²) < 4.78 is 0. The van der Waals surface area contributed by atoms with E-state index in [0.717, 1.165) is 51.4 Å². The molecule has 1 amide bonds. The second kappa shape index (κ2) is 11.2. The number of nitrogens with one attached hydrogen (secondary N) is 3. The maximum atomic E-state index is 11.6. The standard InChI is InChI=1S/C19H31N5OS.HI/c1-3-20-19(22-9-8-21-18(25)15-4-5-15)23-12-14(2)24-10-6-17-16(13-24)7-11-26-17;/h7,11,14-15H,3-6,8-10,12-13H2,1-2H3,(H,21,25)(H2,20,22,23);1H. The highest BCUT2D eigenvalue weighted by Gasteiger charge is 2.29. The van der Waals surface area contributed by atoms with Crippen LogP contribution in [0.15, 0.2) is 16.4 Å². The van der Waals surface area contributed by atoms with E-state index in [1.165, 1.54) is 5.56 Å². The number of aliphatic imine (C=N–C) groups is 1. The molecule has 1 aromatic rings. The van der Waals surface area contributed by atoms with E-state index < -0.39 is 0 Å². The fourth-order valence-electron chi connectivity index (χ4n) is 3.18. The molecule has 1 atom stereocenters. The van der Waals surface area contributed by atoms with Crippen LogP contribution >= 0.6 is 35.3 Å². The van der Waals surface area contributed by atoms with Gasteiger partial charge in [-0.25, -0.2) is 0 Å². The molecule has 27 heavy (non-hydrogen) atoms. The van der Waals surface area contributed by atoms with E-state index in [1.54, 1.807) is 4.88 Å². The molecule has 1 aliphatic heterocycles. The Hall–Kier alpha value is -0.870. The second-order valence-corrected chi connectivity index (χ2v) is 8.15. The topological polar surface area (TPSA) is 68.8 Å². The number of hydrogen-bond acceptors (Lipinski definition) is 4. The van der Waals surface area contributed by atoms with Crippen LogP contribution in [0, 0.1) is 5.92 Å². The molecule has 1 aliphatic carbocycles. The van der Waals surface area contributed by atoms with Crippen LogP contribution in [-0.2, 0) is 17.8 Å². The zero-order chi connectivity index (χ0) is 18.4. The molecule has 8 heteroatoms. The third-order valence-electron chi connectivity index (χ3n) is 4.98. The van der Waals surface area contributed by atoms with Gasteiger partial charge in [0.1, 0.15) is 0 Å². The second-order valence-electron chi connectivity index (χ2n) is 7.15. The smallest absolute Gasteiger partial charge is 0.223 e. The number of guanidine groups is 1. The van der Waals surface area contributed by atoms with Crippen LogP contribution in [0.4, 0.5) is 0 Å². The maximum absolute atomic E-state index is 11.6. The van der Waals surface area contributed by atoms with Crippen LogP contribution in [0.3, 0.4) is 0 Å². The van der Waals surface area contributed by atoms with Crippen LogP contribution in [0.25, 0.3) is 0 Å². The first-order valence-electron chi connectivity index (χ1n) is 9.76. The predicted molar refractivity (Wildman–Crippen MR) is 123 cm³/mol. The van der Waals surface area contributed by atoms with Crippen molar-refractivity contribution in [3.05, 3.63) is 21.9 Å². The maximum Gasteiger partial charge on any atom is 0.223 e. The molecule has 3 rings (SSSR count). The average Bonchev–Trinajstić information content (AvgIpc) is 3.40. The molecule has 3 N–H and O–H groups in total. The fraction of sp³-hybridized carbons (Fsp3) is 0.684. The summed E-state index contributed by atoms with van der Waals surface area (Å²) in [6, 6.07) is 2.66. The summed E-state index contributed by atoms with van der Waals surface area (Å²) in [5, 5.41) is 11.8.